The van der Waals surface area contributed by atoms with Gasteiger partial charge in [0, 0.05) is 24.7 Å². The highest BCUT2D eigenvalue weighted by molar-refractivity contribution is 5.04. The number of nitrogens with zero attached hydrogens (tertiary/aromatic N) is 1. The first-order chi connectivity index (χ1) is 8.07. The topological polar surface area (TPSA) is 29.3 Å². The number of rotatable bonds is 5. The molecule has 0 bridgehead atoms. The van der Waals surface area contributed by atoms with Crippen LogP contribution in [0.4, 0.5) is 0 Å². The summed E-state index contributed by atoms with van der Waals surface area (Å²) in [5, 5.41) is 0. The van der Waals surface area contributed by atoms with E-state index in [0.717, 1.165) is 24.4 Å². The maximum atomic E-state index is 6.13. The molecule has 0 atom stereocenters. The Morgan fingerprint density at radius 3 is 2.24 bits per heavy atom. The zero-order valence-electron chi connectivity index (χ0n) is 11.9. The SMILES string of the molecule is CC(C)CN(C1CCCC1)C1(CN)CC(C)C1. The van der Waals surface area contributed by atoms with Crippen molar-refractivity contribution in [2.45, 2.75) is 70.9 Å². The van der Waals surface area contributed by atoms with Crippen molar-refractivity contribution in [3.63, 3.8) is 0 Å². The second kappa shape index (κ2) is 5.27. The molecule has 0 heterocycles. The summed E-state index contributed by atoms with van der Waals surface area (Å²) >= 11 is 0. The van der Waals surface area contributed by atoms with Crippen LogP contribution < -0.4 is 5.73 Å². The molecule has 0 aliphatic heterocycles. The molecular weight excluding hydrogens is 208 g/mol. The Kier molecular flexibility index (Phi) is 4.14. The highest BCUT2D eigenvalue weighted by Crippen LogP contribution is 2.44. The Labute approximate surface area is 107 Å². The maximum Gasteiger partial charge on any atom is 0.0339 e. The largest absolute Gasteiger partial charge is 0.329 e. The average molecular weight is 238 g/mol. The minimum atomic E-state index is 0.360. The summed E-state index contributed by atoms with van der Waals surface area (Å²) in [4.78, 5) is 2.81. The van der Waals surface area contributed by atoms with Gasteiger partial charge in [0.05, 0.1) is 0 Å². The summed E-state index contributed by atoms with van der Waals surface area (Å²) in [6, 6.07) is 0.827. The van der Waals surface area contributed by atoms with E-state index in [-0.39, 0.29) is 0 Å². The minimum absolute atomic E-state index is 0.360. The van der Waals surface area contributed by atoms with E-state index in [0.29, 0.717) is 5.54 Å². The van der Waals surface area contributed by atoms with Crippen LogP contribution in [0, 0.1) is 11.8 Å². The number of hydrogen-bond donors (Lipinski definition) is 1. The maximum absolute atomic E-state index is 6.13. The van der Waals surface area contributed by atoms with E-state index < -0.39 is 0 Å². The van der Waals surface area contributed by atoms with Crippen molar-refractivity contribution in [2.24, 2.45) is 17.6 Å². The van der Waals surface area contributed by atoms with Crippen molar-refractivity contribution in [1.82, 2.24) is 4.90 Å². The molecule has 0 radical (unpaired) electrons. The van der Waals surface area contributed by atoms with E-state index in [1.54, 1.807) is 0 Å². The molecule has 2 saturated carbocycles. The van der Waals surface area contributed by atoms with Crippen LogP contribution in [-0.4, -0.2) is 29.6 Å². The van der Waals surface area contributed by atoms with Crippen molar-refractivity contribution < 1.29 is 0 Å². The van der Waals surface area contributed by atoms with Gasteiger partial charge in [-0.05, 0) is 37.5 Å². The summed E-state index contributed by atoms with van der Waals surface area (Å²) in [7, 11) is 0. The molecule has 2 heteroatoms. The van der Waals surface area contributed by atoms with Crippen LogP contribution in [0.25, 0.3) is 0 Å². The molecule has 0 unspecified atom stereocenters. The number of nitrogens with two attached hydrogens (primary N) is 1. The Balaban J connectivity index is 2.08. The lowest BCUT2D eigenvalue weighted by Gasteiger charge is -2.56. The predicted octanol–water partition coefficient (Wildman–Crippen LogP) is 3.01. The van der Waals surface area contributed by atoms with Crippen LogP contribution in [0.1, 0.15) is 59.3 Å². The van der Waals surface area contributed by atoms with E-state index in [9.17, 15) is 0 Å². The Bertz CT molecular complexity index is 237. The molecule has 2 rings (SSSR count). The van der Waals surface area contributed by atoms with Crippen molar-refractivity contribution in [1.29, 1.82) is 0 Å². The lowest BCUT2D eigenvalue weighted by molar-refractivity contribution is -0.0464. The Morgan fingerprint density at radius 1 is 1.24 bits per heavy atom. The van der Waals surface area contributed by atoms with Crippen molar-refractivity contribution in [2.75, 3.05) is 13.1 Å². The molecule has 2 fully saturated rings. The van der Waals surface area contributed by atoms with E-state index in [1.165, 1.54) is 45.1 Å². The molecule has 0 aromatic carbocycles. The van der Waals surface area contributed by atoms with Crippen LogP contribution in [0.5, 0.6) is 0 Å². The van der Waals surface area contributed by atoms with Gasteiger partial charge in [0.2, 0.25) is 0 Å². The highest BCUT2D eigenvalue weighted by atomic mass is 15.3. The Morgan fingerprint density at radius 2 is 1.82 bits per heavy atom. The third-order valence-electron chi connectivity index (χ3n) is 4.77. The van der Waals surface area contributed by atoms with Crippen LogP contribution in [0.15, 0.2) is 0 Å². The van der Waals surface area contributed by atoms with Gasteiger partial charge in [-0.15, -0.1) is 0 Å². The standard InChI is InChI=1S/C15H30N2/c1-12(2)10-17(14-6-4-5-7-14)15(11-16)8-13(3)9-15/h12-14H,4-11,16H2,1-3H3. The molecule has 2 N–H and O–H groups in total. The van der Waals surface area contributed by atoms with Crippen LogP contribution in [0.2, 0.25) is 0 Å². The molecular formula is C15H30N2. The molecule has 0 aromatic heterocycles. The van der Waals surface area contributed by atoms with Crippen molar-refractivity contribution >= 4 is 0 Å². The van der Waals surface area contributed by atoms with Crippen LogP contribution in [-0.2, 0) is 0 Å². The summed E-state index contributed by atoms with van der Waals surface area (Å²) < 4.78 is 0. The minimum Gasteiger partial charge on any atom is -0.329 e. The first-order valence-corrected chi connectivity index (χ1v) is 7.54. The van der Waals surface area contributed by atoms with E-state index in [1.807, 2.05) is 0 Å². The van der Waals surface area contributed by atoms with E-state index >= 15 is 0 Å². The fourth-order valence-electron chi connectivity index (χ4n) is 4.10. The fraction of sp³-hybridized carbons (Fsp3) is 1.00. The molecule has 0 saturated heterocycles. The van der Waals surface area contributed by atoms with Gasteiger partial charge >= 0.3 is 0 Å². The van der Waals surface area contributed by atoms with Gasteiger partial charge in [-0.3, -0.25) is 4.90 Å². The van der Waals surface area contributed by atoms with Gasteiger partial charge in [-0.25, -0.2) is 0 Å². The molecule has 0 aromatic rings. The van der Waals surface area contributed by atoms with E-state index in [2.05, 4.69) is 25.7 Å². The molecule has 0 amide bonds. The third kappa shape index (κ3) is 2.68. The smallest absolute Gasteiger partial charge is 0.0339 e. The molecule has 2 aliphatic carbocycles. The molecule has 2 nitrogen and oxygen atoms in total. The Hall–Kier alpha value is -0.0800. The predicted molar refractivity (Wildman–Crippen MR) is 74.0 cm³/mol. The van der Waals surface area contributed by atoms with Crippen molar-refractivity contribution in [3.8, 4) is 0 Å². The zero-order chi connectivity index (χ0) is 12.5. The molecule has 17 heavy (non-hydrogen) atoms. The molecule has 0 spiro atoms. The van der Waals surface area contributed by atoms with Gasteiger partial charge in [0.1, 0.15) is 0 Å². The van der Waals surface area contributed by atoms with Crippen LogP contribution >= 0.6 is 0 Å². The summed E-state index contributed by atoms with van der Waals surface area (Å²) in [5.41, 5.74) is 6.49. The quantitative estimate of drug-likeness (QED) is 0.798. The van der Waals surface area contributed by atoms with Gasteiger partial charge in [-0.1, -0.05) is 33.6 Å². The monoisotopic (exact) mass is 238 g/mol. The van der Waals surface area contributed by atoms with E-state index in [4.69, 9.17) is 5.73 Å². The fourth-order valence-corrected chi connectivity index (χ4v) is 4.10. The number of hydrogen-bond acceptors (Lipinski definition) is 2. The first kappa shape index (κ1) is 13.4. The van der Waals surface area contributed by atoms with Gasteiger partial charge < -0.3 is 5.73 Å². The summed E-state index contributed by atoms with van der Waals surface area (Å²) in [5.74, 6) is 1.64. The first-order valence-electron chi connectivity index (χ1n) is 7.54. The lowest BCUT2D eigenvalue weighted by atomic mass is 9.67. The van der Waals surface area contributed by atoms with Crippen molar-refractivity contribution in [3.05, 3.63) is 0 Å². The molecule has 100 valence electrons. The second-order valence-corrected chi connectivity index (χ2v) is 6.93. The van der Waals surface area contributed by atoms with Gasteiger partial charge in [0.15, 0.2) is 0 Å². The third-order valence-corrected chi connectivity index (χ3v) is 4.77. The summed E-state index contributed by atoms with van der Waals surface area (Å²) in [6.45, 7) is 9.16. The summed E-state index contributed by atoms with van der Waals surface area (Å²) in [6.07, 6.45) is 8.32. The van der Waals surface area contributed by atoms with Gasteiger partial charge in [-0.2, -0.15) is 0 Å². The second-order valence-electron chi connectivity index (χ2n) is 6.93. The molecule has 2 aliphatic rings. The average Bonchev–Trinajstić information content (AvgIpc) is 2.74. The normalized spacial score (nSPS) is 34.6. The lowest BCUT2D eigenvalue weighted by Crippen LogP contribution is -2.64. The van der Waals surface area contributed by atoms with Gasteiger partial charge in [0.25, 0.3) is 0 Å². The zero-order valence-corrected chi connectivity index (χ0v) is 11.9. The highest BCUT2D eigenvalue weighted by Gasteiger charge is 2.48. The van der Waals surface area contributed by atoms with Crippen LogP contribution in [0.3, 0.4) is 0 Å².